The fraction of sp³-hybridized carbons (Fsp3) is 0.372. The Morgan fingerprint density at radius 1 is 0.867 bits per heavy atom. The molecule has 0 radical (unpaired) electrons. The smallest absolute Gasteiger partial charge is 0.380 e. The summed E-state index contributed by atoms with van der Waals surface area (Å²) in [4.78, 5) is 18.6. The monoisotopic (exact) mass is 903 g/mol. The average Bonchev–Trinajstić information content (AvgIpc) is 3.22. The second kappa shape index (κ2) is 19.8. The number of nitrogens with one attached hydrogen (secondary N) is 2. The number of piperazine rings is 1. The van der Waals surface area contributed by atoms with Crippen LogP contribution in [-0.2, 0) is 19.9 Å². The second-order valence-corrected chi connectivity index (χ2v) is 20.3. The van der Waals surface area contributed by atoms with Crippen molar-refractivity contribution in [2.24, 2.45) is 0 Å². The molecule has 4 aromatic carbocycles. The maximum absolute atomic E-state index is 14.0. The third-order valence-electron chi connectivity index (χ3n) is 10.6. The minimum absolute atomic E-state index is 0.000925. The molecule has 10 nitrogen and oxygen atoms in total. The molecule has 322 valence electrons. The van der Waals surface area contributed by atoms with Crippen LogP contribution in [0.5, 0.6) is 0 Å². The van der Waals surface area contributed by atoms with Gasteiger partial charge in [0, 0.05) is 65.7 Å². The van der Waals surface area contributed by atoms with E-state index >= 15 is 0 Å². The first-order valence-corrected chi connectivity index (χ1v) is 24.0. The maximum Gasteiger partial charge on any atom is 0.501 e. The molecule has 60 heavy (non-hydrogen) atoms. The molecule has 2 N–H and O–H groups in total. The van der Waals surface area contributed by atoms with Crippen LogP contribution in [0.25, 0.3) is 5.57 Å². The Morgan fingerprint density at radius 2 is 1.53 bits per heavy atom. The fourth-order valence-corrected chi connectivity index (χ4v) is 10.5. The van der Waals surface area contributed by atoms with Gasteiger partial charge in [0.25, 0.3) is 25.8 Å². The predicted octanol–water partition coefficient (Wildman–Crippen LogP) is 8.43. The van der Waals surface area contributed by atoms with Crippen LogP contribution in [-0.4, -0.2) is 103 Å². The Bertz CT molecular complexity index is 2360. The van der Waals surface area contributed by atoms with Crippen molar-refractivity contribution in [3.8, 4) is 0 Å². The third kappa shape index (κ3) is 11.6. The lowest BCUT2D eigenvalue weighted by Gasteiger charge is -2.37. The topological polar surface area (TPSA) is 119 Å². The molecule has 0 saturated carbocycles. The van der Waals surface area contributed by atoms with Crippen molar-refractivity contribution in [2.45, 2.75) is 58.3 Å². The van der Waals surface area contributed by atoms with Crippen molar-refractivity contribution in [3.63, 3.8) is 0 Å². The number of thioether (sulfide) groups is 1. The molecule has 1 amide bonds. The molecule has 0 bridgehead atoms. The summed E-state index contributed by atoms with van der Waals surface area (Å²) in [5.41, 5.74) is -1.18. The van der Waals surface area contributed by atoms with E-state index in [-0.39, 0.29) is 5.56 Å². The molecule has 0 unspecified atom stereocenters. The van der Waals surface area contributed by atoms with Gasteiger partial charge >= 0.3 is 5.51 Å². The highest BCUT2D eigenvalue weighted by molar-refractivity contribution is 7.99. The van der Waals surface area contributed by atoms with Gasteiger partial charge in [0.05, 0.1) is 10.6 Å². The van der Waals surface area contributed by atoms with Crippen molar-refractivity contribution >= 4 is 66.1 Å². The SMILES string of the molecule is CN(C)CC[C@H](CSc1ccccc1)Nc1ccc(S(=O)(=O)NC(=O)c2ccc(N3CCN(CC4=C(c5ccc(Cl)cc5)CCCC4)CC3)cc2)cc1S(=O)(=O)C(F)(F)F. The van der Waals surface area contributed by atoms with Crippen molar-refractivity contribution in [3.05, 3.63) is 119 Å². The van der Waals surface area contributed by atoms with Crippen LogP contribution in [0.3, 0.4) is 0 Å². The zero-order valence-electron chi connectivity index (χ0n) is 33.4. The Balaban J connectivity index is 1.12. The molecule has 1 fully saturated rings. The number of sulfone groups is 1. The highest BCUT2D eigenvalue weighted by Crippen LogP contribution is 2.37. The van der Waals surface area contributed by atoms with Crippen LogP contribution in [0.2, 0.25) is 5.02 Å². The van der Waals surface area contributed by atoms with E-state index in [1.165, 1.54) is 53.4 Å². The van der Waals surface area contributed by atoms with Crippen LogP contribution in [0, 0.1) is 0 Å². The molecule has 17 heteroatoms. The second-order valence-electron chi connectivity index (χ2n) is 15.2. The Labute approximate surface area is 360 Å². The van der Waals surface area contributed by atoms with Crippen LogP contribution in [0.15, 0.2) is 117 Å². The van der Waals surface area contributed by atoms with Gasteiger partial charge in [-0.3, -0.25) is 9.69 Å². The van der Waals surface area contributed by atoms with Crippen LogP contribution >= 0.6 is 23.4 Å². The van der Waals surface area contributed by atoms with Gasteiger partial charge in [-0.2, -0.15) is 13.2 Å². The molecule has 1 aliphatic carbocycles. The minimum Gasteiger partial charge on any atom is -0.380 e. The van der Waals surface area contributed by atoms with Crippen molar-refractivity contribution in [1.82, 2.24) is 14.5 Å². The number of hydrogen-bond acceptors (Lipinski definition) is 10. The molecule has 1 atom stereocenters. The van der Waals surface area contributed by atoms with Crippen LogP contribution in [0.4, 0.5) is 24.5 Å². The van der Waals surface area contributed by atoms with E-state index in [9.17, 15) is 34.8 Å². The summed E-state index contributed by atoms with van der Waals surface area (Å²) in [6.45, 7) is 4.60. The first-order valence-electron chi connectivity index (χ1n) is 19.7. The molecule has 2 aliphatic rings. The van der Waals surface area contributed by atoms with Crippen molar-refractivity contribution in [2.75, 3.05) is 69.3 Å². The lowest BCUT2D eigenvalue weighted by atomic mass is 9.87. The molecule has 1 heterocycles. The van der Waals surface area contributed by atoms with E-state index in [0.717, 1.165) is 73.3 Å². The minimum atomic E-state index is -6.03. The molecule has 0 aromatic heterocycles. The number of allylic oxidation sites excluding steroid dienone is 1. The van der Waals surface area contributed by atoms with Crippen molar-refractivity contribution in [1.29, 1.82) is 0 Å². The number of carbonyl (C=O) groups excluding carboxylic acids is 1. The first kappa shape index (κ1) is 45.5. The van der Waals surface area contributed by atoms with E-state index in [0.29, 0.717) is 24.8 Å². The lowest BCUT2D eigenvalue weighted by molar-refractivity contribution is -0.0435. The summed E-state index contributed by atoms with van der Waals surface area (Å²) >= 11 is 7.57. The number of halogens is 4. The number of carbonyl (C=O) groups is 1. The van der Waals surface area contributed by atoms with Gasteiger partial charge in [-0.1, -0.05) is 47.5 Å². The standard InChI is InChI=1S/C43H49ClF3N5O5S3/c1-50(2)23-22-35(30-58-37-9-4-3-5-10-37)48-40-21-20-38(28-41(40)59(54,55)43(45,46)47)60(56,57)49-42(53)32-14-18-36(19-15-32)52-26-24-51(25-27-52)29-33-8-6-7-11-39(33)31-12-16-34(44)17-13-31/h3-5,9-10,12-21,28,35,48H,6-8,11,22-27,29-30H2,1-2H3,(H,49,53)/t35-/m1/s1. The largest absolute Gasteiger partial charge is 0.501 e. The number of hydrogen-bond donors (Lipinski definition) is 2. The fourth-order valence-electron chi connectivity index (χ4n) is 7.32. The van der Waals surface area contributed by atoms with E-state index in [1.54, 1.807) is 12.1 Å². The van der Waals surface area contributed by atoms with E-state index in [2.05, 4.69) is 27.2 Å². The molecular formula is C43H49ClF3N5O5S3. The molecule has 1 saturated heterocycles. The quantitative estimate of drug-likeness (QED) is 0.106. The number of rotatable bonds is 16. The molecule has 1 aliphatic heterocycles. The number of alkyl halides is 3. The number of sulfonamides is 1. The Hall–Kier alpha value is -4.06. The van der Waals surface area contributed by atoms with Crippen LogP contribution < -0.4 is 14.9 Å². The van der Waals surface area contributed by atoms with Crippen LogP contribution in [0.1, 0.15) is 48.0 Å². The number of benzene rings is 4. The molecular weight excluding hydrogens is 855 g/mol. The summed E-state index contributed by atoms with van der Waals surface area (Å²) in [5, 5.41) is 3.66. The number of anilines is 2. The summed E-state index contributed by atoms with van der Waals surface area (Å²) in [5.74, 6) is -0.646. The van der Waals surface area contributed by atoms with Gasteiger partial charge in [0.2, 0.25) is 0 Å². The zero-order chi connectivity index (χ0) is 43.1. The highest BCUT2D eigenvalue weighted by Gasteiger charge is 2.48. The normalized spacial score (nSPS) is 16.2. The molecule has 4 aromatic rings. The summed E-state index contributed by atoms with van der Waals surface area (Å²) in [6.07, 6.45) is 4.90. The Kier molecular flexibility index (Phi) is 15.0. The van der Waals surface area contributed by atoms with Gasteiger partial charge in [-0.25, -0.2) is 21.6 Å². The molecule has 0 spiro atoms. The van der Waals surface area contributed by atoms with Gasteiger partial charge < -0.3 is 15.1 Å². The van der Waals surface area contributed by atoms with Crippen molar-refractivity contribution < 1.29 is 34.8 Å². The third-order valence-corrected chi connectivity index (χ3v) is 14.9. The maximum atomic E-state index is 14.0. The predicted molar refractivity (Wildman–Crippen MR) is 234 cm³/mol. The van der Waals surface area contributed by atoms with E-state index in [1.807, 2.05) is 66.2 Å². The Morgan fingerprint density at radius 3 is 2.18 bits per heavy atom. The molecule has 6 rings (SSSR count). The van der Waals surface area contributed by atoms with Gasteiger partial charge in [0.1, 0.15) is 4.90 Å². The lowest BCUT2D eigenvalue weighted by Crippen LogP contribution is -2.47. The number of nitrogens with zero attached hydrogens (tertiary/aromatic N) is 3. The number of amides is 1. The zero-order valence-corrected chi connectivity index (χ0v) is 36.6. The summed E-state index contributed by atoms with van der Waals surface area (Å²) < 4.78 is 96.7. The van der Waals surface area contributed by atoms with Gasteiger partial charge in [0.15, 0.2) is 0 Å². The van der Waals surface area contributed by atoms with Gasteiger partial charge in [-0.15, -0.1) is 11.8 Å². The van der Waals surface area contributed by atoms with Gasteiger partial charge in [-0.05, 0) is 131 Å². The average molecular weight is 905 g/mol. The van der Waals surface area contributed by atoms with E-state index < -0.39 is 52.8 Å². The summed E-state index contributed by atoms with van der Waals surface area (Å²) in [7, 11) is -7.18. The van der Waals surface area contributed by atoms with E-state index in [4.69, 9.17) is 11.6 Å². The first-order chi connectivity index (χ1) is 28.5. The highest BCUT2D eigenvalue weighted by atomic mass is 35.5. The summed E-state index contributed by atoms with van der Waals surface area (Å²) in [6, 6.07) is 25.7.